The number of nitrogens with zero attached hydrogens (tertiary/aromatic N) is 6. The molecular weight excluding hydrogens is 320 g/mol. The van der Waals surface area contributed by atoms with Crippen molar-refractivity contribution in [1.29, 1.82) is 0 Å². The molecule has 0 spiro atoms. The standard InChI is InChI=1S/C17H22N6O2/c1-21-11-15(18-20-21)17(25)22-8-4-6-13(22)10-23-16(24)9-12-5-2-3-7-14(12)19-23/h9,11,13H,2-8,10H2,1H3. The number of hydrogen-bond acceptors (Lipinski definition) is 5. The van der Waals surface area contributed by atoms with Crippen LogP contribution in [0.2, 0.25) is 0 Å². The fraction of sp³-hybridized carbons (Fsp3) is 0.588. The molecular formula is C17H22N6O2. The first kappa shape index (κ1) is 16.0. The molecule has 8 nitrogen and oxygen atoms in total. The number of hydrogen-bond donors (Lipinski definition) is 0. The zero-order chi connectivity index (χ0) is 17.4. The minimum atomic E-state index is -0.124. The van der Waals surface area contributed by atoms with Gasteiger partial charge >= 0.3 is 0 Å². The van der Waals surface area contributed by atoms with Gasteiger partial charge in [0.25, 0.3) is 11.5 Å². The van der Waals surface area contributed by atoms with Crippen LogP contribution in [-0.2, 0) is 26.4 Å². The van der Waals surface area contributed by atoms with Crippen molar-refractivity contribution < 1.29 is 4.79 Å². The van der Waals surface area contributed by atoms with E-state index in [0.717, 1.165) is 49.8 Å². The highest BCUT2D eigenvalue weighted by Crippen LogP contribution is 2.21. The summed E-state index contributed by atoms with van der Waals surface area (Å²) >= 11 is 0. The topological polar surface area (TPSA) is 85.9 Å². The Morgan fingerprint density at radius 1 is 1.28 bits per heavy atom. The Kier molecular flexibility index (Phi) is 4.10. The van der Waals surface area contributed by atoms with Gasteiger partial charge in [-0.05, 0) is 44.1 Å². The molecule has 2 aliphatic rings. The van der Waals surface area contributed by atoms with Crippen LogP contribution in [0.1, 0.15) is 47.4 Å². The van der Waals surface area contributed by atoms with E-state index >= 15 is 0 Å². The summed E-state index contributed by atoms with van der Waals surface area (Å²) in [6.07, 6.45) is 7.55. The largest absolute Gasteiger partial charge is 0.332 e. The first-order chi connectivity index (χ1) is 12.1. The van der Waals surface area contributed by atoms with Gasteiger partial charge in [0.1, 0.15) is 0 Å². The molecule has 2 aromatic heterocycles. The van der Waals surface area contributed by atoms with Crippen molar-refractivity contribution in [1.82, 2.24) is 29.7 Å². The van der Waals surface area contributed by atoms with Gasteiger partial charge < -0.3 is 4.90 Å². The second-order valence-electron chi connectivity index (χ2n) is 6.92. The van der Waals surface area contributed by atoms with Gasteiger partial charge in [0.15, 0.2) is 5.69 Å². The molecule has 0 saturated carbocycles. The minimum absolute atomic E-state index is 0.0265. The first-order valence-electron chi connectivity index (χ1n) is 8.89. The van der Waals surface area contributed by atoms with Crippen LogP contribution in [0.4, 0.5) is 0 Å². The molecule has 4 rings (SSSR count). The lowest BCUT2D eigenvalue weighted by Crippen LogP contribution is -2.41. The number of aryl methyl sites for hydroxylation is 3. The zero-order valence-corrected chi connectivity index (χ0v) is 14.4. The van der Waals surface area contributed by atoms with Crippen molar-refractivity contribution in [2.75, 3.05) is 6.54 Å². The third-order valence-electron chi connectivity index (χ3n) is 5.12. The Hall–Kier alpha value is -2.51. The van der Waals surface area contributed by atoms with Gasteiger partial charge in [-0.15, -0.1) is 5.10 Å². The molecule has 1 amide bonds. The summed E-state index contributed by atoms with van der Waals surface area (Å²) < 4.78 is 3.06. The Morgan fingerprint density at radius 2 is 2.12 bits per heavy atom. The van der Waals surface area contributed by atoms with Crippen molar-refractivity contribution >= 4 is 5.91 Å². The predicted octanol–water partition coefficient (Wildman–Crippen LogP) is 0.555. The van der Waals surface area contributed by atoms with Crippen LogP contribution in [-0.4, -0.2) is 48.2 Å². The molecule has 3 heterocycles. The minimum Gasteiger partial charge on any atom is -0.332 e. The van der Waals surface area contributed by atoms with E-state index in [1.165, 1.54) is 9.36 Å². The molecule has 1 fully saturated rings. The second-order valence-corrected chi connectivity index (χ2v) is 6.92. The van der Waals surface area contributed by atoms with Crippen molar-refractivity contribution in [3.05, 3.63) is 39.6 Å². The first-order valence-corrected chi connectivity index (χ1v) is 8.89. The van der Waals surface area contributed by atoms with Gasteiger partial charge in [-0.3, -0.25) is 14.3 Å². The van der Waals surface area contributed by atoms with Crippen molar-refractivity contribution in [3.8, 4) is 0 Å². The Morgan fingerprint density at radius 3 is 2.92 bits per heavy atom. The highest BCUT2D eigenvalue weighted by atomic mass is 16.2. The summed E-state index contributed by atoms with van der Waals surface area (Å²) in [7, 11) is 1.74. The summed E-state index contributed by atoms with van der Waals surface area (Å²) in [4.78, 5) is 26.9. The molecule has 25 heavy (non-hydrogen) atoms. The van der Waals surface area contributed by atoms with Crippen LogP contribution >= 0.6 is 0 Å². The highest BCUT2D eigenvalue weighted by Gasteiger charge is 2.31. The number of carbonyl (C=O) groups excluding carboxylic acids is 1. The normalized spacial score (nSPS) is 19.9. The van der Waals surface area contributed by atoms with Gasteiger partial charge in [0.05, 0.1) is 24.5 Å². The van der Waals surface area contributed by atoms with Crippen LogP contribution in [0.25, 0.3) is 0 Å². The van der Waals surface area contributed by atoms with Gasteiger partial charge in [0, 0.05) is 19.7 Å². The van der Waals surface area contributed by atoms with Crippen LogP contribution < -0.4 is 5.56 Å². The summed E-state index contributed by atoms with van der Waals surface area (Å²) in [6.45, 7) is 1.12. The van der Waals surface area contributed by atoms with Crippen molar-refractivity contribution in [2.24, 2.45) is 7.05 Å². The van der Waals surface area contributed by atoms with E-state index in [1.54, 1.807) is 24.2 Å². The van der Waals surface area contributed by atoms with Crippen molar-refractivity contribution in [3.63, 3.8) is 0 Å². The molecule has 1 atom stereocenters. The quantitative estimate of drug-likeness (QED) is 0.813. The highest BCUT2D eigenvalue weighted by molar-refractivity contribution is 5.92. The Bertz CT molecular complexity index is 855. The van der Waals surface area contributed by atoms with E-state index in [-0.39, 0.29) is 17.5 Å². The molecule has 0 radical (unpaired) electrons. The number of rotatable bonds is 3. The molecule has 0 aromatic carbocycles. The predicted molar refractivity (Wildman–Crippen MR) is 90.2 cm³/mol. The molecule has 0 bridgehead atoms. The van der Waals surface area contributed by atoms with E-state index in [9.17, 15) is 9.59 Å². The fourth-order valence-corrected chi connectivity index (χ4v) is 3.82. The monoisotopic (exact) mass is 342 g/mol. The second kappa shape index (κ2) is 6.42. The fourth-order valence-electron chi connectivity index (χ4n) is 3.82. The number of amides is 1. The maximum absolute atomic E-state index is 12.7. The average Bonchev–Trinajstić information content (AvgIpc) is 3.24. The lowest BCUT2D eigenvalue weighted by atomic mass is 9.97. The molecule has 1 unspecified atom stereocenters. The van der Waals surface area contributed by atoms with Gasteiger partial charge in [-0.25, -0.2) is 4.68 Å². The molecule has 2 aromatic rings. The van der Waals surface area contributed by atoms with Crippen LogP contribution in [0.3, 0.4) is 0 Å². The lowest BCUT2D eigenvalue weighted by molar-refractivity contribution is 0.0714. The SMILES string of the molecule is Cn1cc(C(=O)N2CCCC2Cn2nc3c(cc2=O)CCCC3)nn1. The van der Waals surface area contributed by atoms with Gasteiger partial charge in [0.2, 0.25) is 0 Å². The third-order valence-corrected chi connectivity index (χ3v) is 5.12. The molecule has 132 valence electrons. The lowest BCUT2D eigenvalue weighted by Gasteiger charge is -2.24. The van der Waals surface area contributed by atoms with E-state index in [0.29, 0.717) is 18.8 Å². The third kappa shape index (κ3) is 3.08. The Balaban J connectivity index is 1.55. The Labute approximate surface area is 145 Å². The summed E-state index contributed by atoms with van der Waals surface area (Å²) in [5, 5.41) is 12.3. The van der Waals surface area contributed by atoms with E-state index < -0.39 is 0 Å². The number of likely N-dealkylation sites (tertiary alicyclic amines) is 1. The van der Waals surface area contributed by atoms with Crippen LogP contribution in [0.15, 0.2) is 17.1 Å². The smallest absolute Gasteiger partial charge is 0.276 e. The maximum Gasteiger partial charge on any atom is 0.276 e. The van der Waals surface area contributed by atoms with Crippen LogP contribution in [0.5, 0.6) is 0 Å². The molecule has 8 heteroatoms. The number of carbonyl (C=O) groups is 1. The van der Waals surface area contributed by atoms with Gasteiger partial charge in [-0.1, -0.05) is 5.21 Å². The molecule has 1 aliphatic heterocycles. The molecule has 1 aliphatic carbocycles. The summed E-state index contributed by atoms with van der Waals surface area (Å²) in [6, 6.07) is 1.70. The van der Waals surface area contributed by atoms with E-state index in [1.807, 2.05) is 0 Å². The number of fused-ring (bicyclic) bond motifs is 1. The van der Waals surface area contributed by atoms with Crippen LogP contribution in [0, 0.1) is 0 Å². The molecule has 1 saturated heterocycles. The average molecular weight is 342 g/mol. The van der Waals surface area contributed by atoms with Crippen molar-refractivity contribution in [2.45, 2.75) is 51.1 Å². The van der Waals surface area contributed by atoms with Gasteiger partial charge in [-0.2, -0.15) is 5.10 Å². The van der Waals surface area contributed by atoms with E-state index in [4.69, 9.17) is 0 Å². The molecule has 0 N–H and O–H groups in total. The zero-order valence-electron chi connectivity index (χ0n) is 14.4. The maximum atomic E-state index is 12.7. The summed E-state index contributed by atoms with van der Waals surface area (Å²) in [5.74, 6) is -0.124. The summed E-state index contributed by atoms with van der Waals surface area (Å²) in [5.41, 5.74) is 2.40. The number of aromatic nitrogens is 5. The van der Waals surface area contributed by atoms with E-state index in [2.05, 4.69) is 15.4 Å².